The summed E-state index contributed by atoms with van der Waals surface area (Å²) in [5.74, 6) is -1.54. The van der Waals surface area contributed by atoms with E-state index >= 15 is 0 Å². The van der Waals surface area contributed by atoms with E-state index in [1.807, 2.05) is 0 Å². The Kier molecular flexibility index (Phi) is 4.32. The van der Waals surface area contributed by atoms with Crippen LogP contribution in [0.25, 0.3) is 0 Å². The zero-order chi connectivity index (χ0) is 14.8. The van der Waals surface area contributed by atoms with Crippen molar-refractivity contribution in [2.45, 2.75) is 32.0 Å². The number of benzene rings is 1. The quantitative estimate of drug-likeness (QED) is 0.926. The molecule has 0 saturated carbocycles. The van der Waals surface area contributed by atoms with Crippen molar-refractivity contribution in [3.05, 3.63) is 34.9 Å². The second-order valence-electron chi connectivity index (χ2n) is 5.02. The van der Waals surface area contributed by atoms with Crippen molar-refractivity contribution >= 4 is 5.97 Å². The zero-order valence-electron chi connectivity index (χ0n) is 10.9. The second-order valence-corrected chi connectivity index (χ2v) is 5.02. The van der Waals surface area contributed by atoms with Crippen molar-refractivity contribution in [3.8, 4) is 0 Å². The molecule has 1 N–H and O–H groups in total. The number of carbonyl (C=O) groups is 1. The Balaban J connectivity index is 2.23. The minimum absolute atomic E-state index is 0.498. The third kappa shape index (κ3) is 3.50. The first-order valence-corrected chi connectivity index (χ1v) is 6.53. The zero-order valence-corrected chi connectivity index (χ0v) is 10.9. The van der Waals surface area contributed by atoms with Crippen molar-refractivity contribution in [2.24, 2.45) is 0 Å². The third-order valence-electron chi connectivity index (χ3n) is 3.47. The maximum atomic E-state index is 12.7. The minimum Gasteiger partial charge on any atom is -0.478 e. The molecule has 110 valence electrons. The number of aromatic carboxylic acids is 1. The highest BCUT2D eigenvalue weighted by molar-refractivity contribution is 5.89. The number of hydrogen-bond acceptors (Lipinski definition) is 2. The fraction of sp³-hybridized carbons (Fsp3) is 0.500. The maximum absolute atomic E-state index is 12.7. The van der Waals surface area contributed by atoms with Gasteiger partial charge in [-0.05, 0) is 43.6 Å². The topological polar surface area (TPSA) is 40.5 Å². The maximum Gasteiger partial charge on any atom is 0.417 e. The highest BCUT2D eigenvalue weighted by atomic mass is 19.4. The number of halogens is 3. The molecule has 2 rings (SSSR count). The fourth-order valence-corrected chi connectivity index (χ4v) is 2.49. The summed E-state index contributed by atoms with van der Waals surface area (Å²) < 4.78 is 38.2. The molecule has 1 aliphatic rings. The Morgan fingerprint density at radius 1 is 1.20 bits per heavy atom. The fourth-order valence-electron chi connectivity index (χ4n) is 2.49. The Labute approximate surface area is 115 Å². The van der Waals surface area contributed by atoms with Crippen LogP contribution in [-0.2, 0) is 12.7 Å². The average Bonchev–Trinajstić information content (AvgIpc) is 2.38. The molecule has 1 aliphatic heterocycles. The molecule has 1 fully saturated rings. The van der Waals surface area contributed by atoms with Crippen LogP contribution in [0.1, 0.15) is 40.7 Å². The second kappa shape index (κ2) is 5.83. The van der Waals surface area contributed by atoms with E-state index in [-0.39, 0.29) is 0 Å². The first kappa shape index (κ1) is 14.8. The number of likely N-dealkylation sites (tertiary alicyclic amines) is 1. The number of alkyl halides is 3. The molecule has 1 saturated heterocycles. The molecule has 0 amide bonds. The van der Waals surface area contributed by atoms with E-state index in [2.05, 4.69) is 4.90 Å². The molecule has 3 nitrogen and oxygen atoms in total. The van der Waals surface area contributed by atoms with Crippen LogP contribution < -0.4 is 0 Å². The van der Waals surface area contributed by atoms with Gasteiger partial charge in [-0.3, -0.25) is 4.90 Å². The Morgan fingerprint density at radius 3 is 2.40 bits per heavy atom. The van der Waals surface area contributed by atoms with E-state index in [0.29, 0.717) is 12.1 Å². The smallest absolute Gasteiger partial charge is 0.417 e. The van der Waals surface area contributed by atoms with E-state index in [1.54, 1.807) is 0 Å². The molecule has 20 heavy (non-hydrogen) atoms. The van der Waals surface area contributed by atoms with Crippen LogP contribution in [0, 0.1) is 0 Å². The van der Waals surface area contributed by atoms with Gasteiger partial charge in [-0.2, -0.15) is 13.2 Å². The summed E-state index contributed by atoms with van der Waals surface area (Å²) in [5.41, 5.74) is -1.16. The molecule has 1 aromatic carbocycles. The minimum atomic E-state index is -4.64. The van der Waals surface area contributed by atoms with Crippen LogP contribution in [0.4, 0.5) is 13.2 Å². The summed E-state index contributed by atoms with van der Waals surface area (Å²) in [7, 11) is 0. The predicted molar refractivity (Wildman–Crippen MR) is 67.5 cm³/mol. The van der Waals surface area contributed by atoms with Crippen molar-refractivity contribution < 1.29 is 23.1 Å². The van der Waals surface area contributed by atoms with Crippen molar-refractivity contribution in [1.29, 1.82) is 0 Å². The molecule has 0 aliphatic carbocycles. The lowest BCUT2D eigenvalue weighted by Crippen LogP contribution is -2.29. The Hall–Kier alpha value is -1.56. The largest absolute Gasteiger partial charge is 0.478 e. The molecule has 1 heterocycles. The molecular formula is C14H16F3NO2. The molecular weight excluding hydrogens is 271 g/mol. The molecule has 0 atom stereocenters. The van der Waals surface area contributed by atoms with Crippen molar-refractivity contribution in [2.75, 3.05) is 13.1 Å². The van der Waals surface area contributed by atoms with Gasteiger partial charge in [-0.15, -0.1) is 0 Å². The first-order valence-electron chi connectivity index (χ1n) is 6.53. The Bertz CT molecular complexity index is 494. The van der Waals surface area contributed by atoms with E-state index in [1.165, 1.54) is 12.5 Å². The van der Waals surface area contributed by atoms with Crippen LogP contribution in [0.2, 0.25) is 0 Å². The summed E-state index contributed by atoms with van der Waals surface area (Å²) in [6.07, 6.45) is -1.32. The van der Waals surface area contributed by atoms with E-state index < -0.39 is 23.3 Å². The van der Waals surface area contributed by atoms with Crippen LogP contribution >= 0.6 is 0 Å². The van der Waals surface area contributed by atoms with Crippen molar-refractivity contribution in [3.63, 3.8) is 0 Å². The van der Waals surface area contributed by atoms with Gasteiger partial charge in [0, 0.05) is 6.54 Å². The summed E-state index contributed by atoms with van der Waals surface area (Å²) in [6.45, 7) is 2.31. The van der Waals surface area contributed by atoms with Gasteiger partial charge in [0.05, 0.1) is 11.1 Å². The van der Waals surface area contributed by atoms with Gasteiger partial charge in [0.15, 0.2) is 0 Å². The Morgan fingerprint density at radius 2 is 1.85 bits per heavy atom. The summed E-state index contributed by atoms with van der Waals surface area (Å²) >= 11 is 0. The van der Waals surface area contributed by atoms with Crippen LogP contribution in [0.3, 0.4) is 0 Å². The number of piperidine rings is 1. The van der Waals surface area contributed by atoms with Crippen LogP contribution in [-0.4, -0.2) is 29.1 Å². The van der Waals surface area contributed by atoms with Gasteiger partial charge in [0.1, 0.15) is 0 Å². The lowest BCUT2D eigenvalue weighted by atomic mass is 10.0. The SMILES string of the molecule is O=C(O)c1cc(CN2CCCCC2)ccc1C(F)(F)F. The molecule has 0 spiro atoms. The highest BCUT2D eigenvalue weighted by Crippen LogP contribution is 2.32. The standard InChI is InChI=1S/C14H16F3NO2/c15-14(16,17)12-5-4-10(8-11(12)13(19)20)9-18-6-2-1-3-7-18/h4-5,8H,1-3,6-7,9H2,(H,19,20). The molecule has 1 aromatic rings. The average molecular weight is 287 g/mol. The van der Waals surface area contributed by atoms with E-state index in [0.717, 1.165) is 38.1 Å². The molecule has 0 aromatic heterocycles. The molecule has 6 heteroatoms. The van der Waals surface area contributed by atoms with E-state index in [4.69, 9.17) is 5.11 Å². The lowest BCUT2D eigenvalue weighted by Gasteiger charge is -2.26. The summed E-state index contributed by atoms with van der Waals surface area (Å²) in [4.78, 5) is 13.1. The van der Waals surface area contributed by atoms with Gasteiger partial charge in [-0.1, -0.05) is 12.5 Å². The van der Waals surface area contributed by atoms with Gasteiger partial charge in [-0.25, -0.2) is 4.79 Å². The number of nitrogens with zero attached hydrogens (tertiary/aromatic N) is 1. The normalized spacial score (nSPS) is 17.1. The lowest BCUT2D eigenvalue weighted by molar-refractivity contribution is -0.138. The van der Waals surface area contributed by atoms with Crippen LogP contribution in [0.15, 0.2) is 18.2 Å². The molecule has 0 unspecified atom stereocenters. The van der Waals surface area contributed by atoms with Gasteiger partial charge in [0.25, 0.3) is 0 Å². The number of rotatable bonds is 3. The van der Waals surface area contributed by atoms with Gasteiger partial charge >= 0.3 is 12.1 Å². The first-order chi connectivity index (χ1) is 9.38. The van der Waals surface area contributed by atoms with Gasteiger partial charge < -0.3 is 5.11 Å². The summed E-state index contributed by atoms with van der Waals surface area (Å²) in [5, 5.41) is 8.95. The number of carboxylic acid groups (broad SMARTS) is 1. The third-order valence-corrected chi connectivity index (χ3v) is 3.47. The monoisotopic (exact) mass is 287 g/mol. The highest BCUT2D eigenvalue weighted by Gasteiger charge is 2.35. The number of hydrogen-bond donors (Lipinski definition) is 1. The number of carboxylic acids is 1. The van der Waals surface area contributed by atoms with Crippen molar-refractivity contribution in [1.82, 2.24) is 4.90 Å². The predicted octanol–water partition coefficient (Wildman–Crippen LogP) is 3.39. The van der Waals surface area contributed by atoms with E-state index in [9.17, 15) is 18.0 Å². The molecule has 0 bridgehead atoms. The summed E-state index contributed by atoms with van der Waals surface area (Å²) in [6, 6.07) is 3.37. The van der Waals surface area contributed by atoms with Crippen LogP contribution in [0.5, 0.6) is 0 Å². The molecule has 0 radical (unpaired) electrons. The van der Waals surface area contributed by atoms with Gasteiger partial charge in [0.2, 0.25) is 0 Å².